The number of hydrogen-bond acceptors (Lipinski definition) is 3. The normalized spacial score (nSPS) is 13.2. The molecule has 0 aliphatic heterocycles. The summed E-state index contributed by atoms with van der Waals surface area (Å²) in [5, 5.41) is 10.1. The Labute approximate surface area is 133 Å². The van der Waals surface area contributed by atoms with Crippen molar-refractivity contribution in [2.24, 2.45) is 0 Å². The van der Waals surface area contributed by atoms with E-state index in [0.717, 1.165) is 0 Å². The number of ketones is 1. The van der Waals surface area contributed by atoms with Gasteiger partial charge >= 0.3 is 0 Å². The molecule has 2 atom stereocenters. The minimum Gasteiger partial charge on any atom is -0.297 e. The number of nitriles is 1. The first-order chi connectivity index (χ1) is 10.1. The Bertz CT molecular complexity index is 675. The SMILES string of the molecule is C[C@H](C(=O)[C@H](C#N)c1ccccn1)c1c(Cl)cccc1Cl. The fourth-order valence-electron chi connectivity index (χ4n) is 2.14. The summed E-state index contributed by atoms with van der Waals surface area (Å²) < 4.78 is 0. The predicted octanol–water partition coefficient (Wildman–Crippen LogP) is 4.37. The van der Waals surface area contributed by atoms with Gasteiger partial charge in [0.2, 0.25) is 0 Å². The summed E-state index contributed by atoms with van der Waals surface area (Å²) in [6, 6.07) is 12.2. The van der Waals surface area contributed by atoms with Crippen molar-refractivity contribution >= 4 is 29.0 Å². The van der Waals surface area contributed by atoms with Crippen LogP contribution >= 0.6 is 23.2 Å². The molecule has 3 nitrogen and oxygen atoms in total. The molecular formula is C16H12Cl2N2O. The lowest BCUT2D eigenvalue weighted by molar-refractivity contribution is -0.120. The second-order valence-corrected chi connectivity index (χ2v) is 5.39. The van der Waals surface area contributed by atoms with Gasteiger partial charge in [0.25, 0.3) is 0 Å². The van der Waals surface area contributed by atoms with Crippen LogP contribution in [0.2, 0.25) is 10.0 Å². The van der Waals surface area contributed by atoms with E-state index in [4.69, 9.17) is 23.2 Å². The van der Waals surface area contributed by atoms with E-state index in [1.165, 1.54) is 0 Å². The fraction of sp³-hybridized carbons (Fsp3) is 0.188. The summed E-state index contributed by atoms with van der Waals surface area (Å²) in [5.74, 6) is -1.79. The Hall–Kier alpha value is -1.89. The molecule has 0 unspecified atom stereocenters. The van der Waals surface area contributed by atoms with Gasteiger partial charge in [-0.3, -0.25) is 9.78 Å². The Kier molecular flexibility index (Phi) is 4.95. The highest BCUT2D eigenvalue weighted by atomic mass is 35.5. The van der Waals surface area contributed by atoms with E-state index < -0.39 is 11.8 Å². The molecule has 0 bridgehead atoms. The molecule has 0 spiro atoms. The first-order valence-electron chi connectivity index (χ1n) is 6.34. The first kappa shape index (κ1) is 15.5. The minimum atomic E-state index is -0.937. The second-order valence-electron chi connectivity index (χ2n) is 4.58. The summed E-state index contributed by atoms with van der Waals surface area (Å²) in [6.07, 6.45) is 1.56. The Morgan fingerprint density at radius 2 is 1.86 bits per heavy atom. The average Bonchev–Trinajstić information content (AvgIpc) is 2.48. The maximum Gasteiger partial charge on any atom is 0.163 e. The van der Waals surface area contributed by atoms with Crippen molar-refractivity contribution in [1.29, 1.82) is 5.26 Å². The van der Waals surface area contributed by atoms with Crippen molar-refractivity contribution in [1.82, 2.24) is 4.98 Å². The van der Waals surface area contributed by atoms with E-state index >= 15 is 0 Å². The molecule has 5 heteroatoms. The third kappa shape index (κ3) is 3.24. The fourth-order valence-corrected chi connectivity index (χ4v) is 2.86. The zero-order valence-corrected chi connectivity index (χ0v) is 12.8. The first-order valence-corrected chi connectivity index (χ1v) is 7.10. The number of benzene rings is 1. The summed E-state index contributed by atoms with van der Waals surface area (Å²) in [4.78, 5) is 16.7. The molecule has 0 saturated heterocycles. The van der Waals surface area contributed by atoms with Gasteiger partial charge in [0.15, 0.2) is 5.78 Å². The topological polar surface area (TPSA) is 53.8 Å². The summed E-state index contributed by atoms with van der Waals surface area (Å²) in [6.45, 7) is 1.70. The number of pyridine rings is 1. The molecule has 0 aliphatic carbocycles. The highest BCUT2D eigenvalue weighted by Gasteiger charge is 2.29. The number of rotatable bonds is 4. The van der Waals surface area contributed by atoms with Crippen molar-refractivity contribution in [3.8, 4) is 6.07 Å². The smallest absolute Gasteiger partial charge is 0.163 e. The van der Waals surface area contributed by atoms with E-state index in [2.05, 4.69) is 4.98 Å². The van der Waals surface area contributed by atoms with Crippen LogP contribution in [-0.2, 0) is 4.79 Å². The van der Waals surface area contributed by atoms with E-state index in [1.807, 2.05) is 6.07 Å². The van der Waals surface area contributed by atoms with Gasteiger partial charge in [-0.1, -0.05) is 42.3 Å². The van der Waals surface area contributed by atoms with Crippen molar-refractivity contribution < 1.29 is 4.79 Å². The minimum absolute atomic E-state index is 0.272. The molecular weight excluding hydrogens is 307 g/mol. The Morgan fingerprint density at radius 1 is 1.19 bits per heavy atom. The van der Waals surface area contributed by atoms with E-state index in [1.54, 1.807) is 49.5 Å². The van der Waals surface area contributed by atoms with Crippen molar-refractivity contribution in [3.05, 3.63) is 63.9 Å². The summed E-state index contributed by atoms with van der Waals surface area (Å²) in [7, 11) is 0. The zero-order chi connectivity index (χ0) is 15.4. The largest absolute Gasteiger partial charge is 0.297 e. The standard InChI is InChI=1S/C16H12Cl2N2O/c1-10(15-12(17)5-4-6-13(15)18)16(21)11(9-19)14-7-2-3-8-20-14/h2-8,10-11H,1H3/t10-,11+/m0/s1. The molecule has 0 saturated carbocycles. The van der Waals surface area contributed by atoms with Crippen LogP contribution in [0.5, 0.6) is 0 Å². The molecule has 1 aromatic heterocycles. The summed E-state index contributed by atoms with van der Waals surface area (Å²) >= 11 is 12.3. The van der Waals surface area contributed by atoms with Crippen LogP contribution in [0.3, 0.4) is 0 Å². The molecule has 2 aromatic rings. The average molecular weight is 319 g/mol. The van der Waals surface area contributed by atoms with Gasteiger partial charge in [-0.15, -0.1) is 0 Å². The zero-order valence-electron chi connectivity index (χ0n) is 11.3. The molecule has 0 amide bonds. The number of hydrogen-bond donors (Lipinski definition) is 0. The number of aromatic nitrogens is 1. The second kappa shape index (κ2) is 6.71. The van der Waals surface area contributed by atoms with Gasteiger partial charge in [0.1, 0.15) is 5.92 Å². The van der Waals surface area contributed by atoms with Crippen molar-refractivity contribution in [2.75, 3.05) is 0 Å². The van der Waals surface area contributed by atoms with Crippen LogP contribution in [0.1, 0.15) is 30.0 Å². The van der Waals surface area contributed by atoms with E-state index in [0.29, 0.717) is 21.3 Å². The maximum absolute atomic E-state index is 12.6. The predicted molar refractivity (Wildman–Crippen MR) is 82.5 cm³/mol. The number of Topliss-reactive ketones (excluding diaryl/α,β-unsaturated/α-hetero) is 1. The van der Waals surface area contributed by atoms with Crippen molar-refractivity contribution in [3.63, 3.8) is 0 Å². The highest BCUT2D eigenvalue weighted by molar-refractivity contribution is 6.36. The lowest BCUT2D eigenvalue weighted by atomic mass is 9.87. The Balaban J connectivity index is 2.37. The molecule has 21 heavy (non-hydrogen) atoms. The van der Waals surface area contributed by atoms with Crippen LogP contribution in [0.4, 0.5) is 0 Å². The van der Waals surface area contributed by atoms with Crippen LogP contribution in [0, 0.1) is 11.3 Å². The Morgan fingerprint density at radius 3 is 2.38 bits per heavy atom. The van der Waals surface area contributed by atoms with Gasteiger partial charge in [0, 0.05) is 22.2 Å². The maximum atomic E-state index is 12.6. The number of carbonyl (C=O) groups excluding carboxylic acids is 1. The molecule has 2 rings (SSSR count). The van der Waals surface area contributed by atoms with Crippen LogP contribution < -0.4 is 0 Å². The molecule has 0 fully saturated rings. The van der Waals surface area contributed by atoms with Crippen LogP contribution in [0.25, 0.3) is 0 Å². The lowest BCUT2D eigenvalue weighted by Gasteiger charge is -2.17. The van der Waals surface area contributed by atoms with Crippen LogP contribution in [0.15, 0.2) is 42.6 Å². The quantitative estimate of drug-likeness (QED) is 0.841. The van der Waals surface area contributed by atoms with Crippen LogP contribution in [-0.4, -0.2) is 10.8 Å². The molecule has 1 aromatic carbocycles. The highest BCUT2D eigenvalue weighted by Crippen LogP contribution is 2.34. The van der Waals surface area contributed by atoms with E-state index in [9.17, 15) is 10.1 Å². The number of halogens is 2. The van der Waals surface area contributed by atoms with Gasteiger partial charge < -0.3 is 0 Å². The van der Waals surface area contributed by atoms with Crippen molar-refractivity contribution in [2.45, 2.75) is 18.8 Å². The number of carbonyl (C=O) groups is 1. The van der Waals surface area contributed by atoms with E-state index in [-0.39, 0.29) is 5.78 Å². The summed E-state index contributed by atoms with van der Waals surface area (Å²) in [5.41, 5.74) is 0.974. The lowest BCUT2D eigenvalue weighted by Crippen LogP contribution is -2.19. The third-order valence-corrected chi connectivity index (χ3v) is 3.92. The van der Waals surface area contributed by atoms with Gasteiger partial charge in [-0.2, -0.15) is 5.26 Å². The molecule has 1 heterocycles. The monoisotopic (exact) mass is 318 g/mol. The molecule has 106 valence electrons. The molecule has 0 aliphatic rings. The van der Waals surface area contributed by atoms with Gasteiger partial charge in [0.05, 0.1) is 11.8 Å². The molecule has 0 N–H and O–H groups in total. The molecule has 0 radical (unpaired) electrons. The number of nitrogens with zero attached hydrogens (tertiary/aromatic N) is 2. The van der Waals surface area contributed by atoms with Gasteiger partial charge in [-0.25, -0.2) is 0 Å². The van der Waals surface area contributed by atoms with Gasteiger partial charge in [-0.05, 0) is 29.8 Å². The third-order valence-electron chi connectivity index (χ3n) is 3.26.